The third-order valence-electron chi connectivity index (χ3n) is 3.71. The Hall–Kier alpha value is -1.72. The van der Waals surface area contributed by atoms with Crippen LogP contribution < -0.4 is 0 Å². The highest BCUT2D eigenvalue weighted by Crippen LogP contribution is 2.58. The summed E-state index contributed by atoms with van der Waals surface area (Å²) < 4.78 is 9.43. The fourth-order valence-electron chi connectivity index (χ4n) is 2.87. The van der Waals surface area contributed by atoms with E-state index in [1.807, 2.05) is 0 Å². The number of esters is 2. The SMILES string of the molecule is COC(=O)C1=NN=C(C(=O)OC)[C@H]2C(C(C)(C)C)[C@@H]12. The highest BCUT2D eigenvalue weighted by molar-refractivity contribution is 6.45. The normalized spacial score (nSPS) is 28.8. The number of hydrogen-bond acceptors (Lipinski definition) is 6. The summed E-state index contributed by atoms with van der Waals surface area (Å²) in [5.74, 6) is -1.01. The maximum atomic E-state index is 11.7. The van der Waals surface area contributed by atoms with Gasteiger partial charge in [-0.1, -0.05) is 20.8 Å². The molecule has 0 radical (unpaired) electrons. The summed E-state index contributed by atoms with van der Waals surface area (Å²) in [5, 5.41) is 7.73. The fraction of sp³-hybridized carbons (Fsp3) is 0.692. The van der Waals surface area contributed by atoms with Crippen molar-refractivity contribution in [1.29, 1.82) is 0 Å². The molecule has 19 heavy (non-hydrogen) atoms. The average molecular weight is 266 g/mol. The summed E-state index contributed by atoms with van der Waals surface area (Å²) in [7, 11) is 2.63. The van der Waals surface area contributed by atoms with E-state index in [9.17, 15) is 9.59 Å². The first-order valence-corrected chi connectivity index (χ1v) is 6.15. The lowest BCUT2D eigenvalue weighted by atomic mass is 9.87. The molecule has 0 saturated heterocycles. The van der Waals surface area contributed by atoms with E-state index in [1.165, 1.54) is 14.2 Å². The van der Waals surface area contributed by atoms with Crippen molar-refractivity contribution in [2.75, 3.05) is 14.2 Å². The lowest BCUT2D eigenvalue weighted by Crippen LogP contribution is -2.27. The molecule has 1 aliphatic carbocycles. The third-order valence-corrected chi connectivity index (χ3v) is 3.71. The summed E-state index contributed by atoms with van der Waals surface area (Å²) in [6, 6.07) is 0. The monoisotopic (exact) mass is 266 g/mol. The molecule has 1 fully saturated rings. The number of hydrogen-bond donors (Lipinski definition) is 0. The number of rotatable bonds is 2. The van der Waals surface area contributed by atoms with Gasteiger partial charge in [0.2, 0.25) is 0 Å². The first kappa shape index (κ1) is 13.7. The molecule has 2 rings (SSSR count). The maximum Gasteiger partial charge on any atom is 0.354 e. The molecule has 0 aromatic rings. The second-order valence-electron chi connectivity index (χ2n) is 5.90. The number of carbonyl (C=O) groups is 2. The summed E-state index contributed by atoms with van der Waals surface area (Å²) in [5.41, 5.74) is 0.559. The van der Waals surface area contributed by atoms with Gasteiger partial charge in [-0.05, 0) is 11.3 Å². The van der Waals surface area contributed by atoms with Crippen LogP contribution in [0.25, 0.3) is 0 Å². The van der Waals surface area contributed by atoms with Gasteiger partial charge in [0.25, 0.3) is 0 Å². The minimum Gasteiger partial charge on any atom is -0.464 e. The van der Waals surface area contributed by atoms with Gasteiger partial charge < -0.3 is 9.47 Å². The molecular weight excluding hydrogens is 248 g/mol. The molecule has 6 nitrogen and oxygen atoms in total. The van der Waals surface area contributed by atoms with Crippen molar-refractivity contribution in [3.63, 3.8) is 0 Å². The van der Waals surface area contributed by atoms with Crippen LogP contribution in [-0.4, -0.2) is 37.6 Å². The van der Waals surface area contributed by atoms with Gasteiger partial charge in [-0.15, -0.1) is 10.2 Å². The zero-order valence-corrected chi connectivity index (χ0v) is 11.8. The summed E-state index contributed by atoms with van der Waals surface area (Å²) in [4.78, 5) is 23.4. The van der Waals surface area contributed by atoms with Crippen LogP contribution >= 0.6 is 0 Å². The van der Waals surface area contributed by atoms with Crippen LogP contribution in [0.3, 0.4) is 0 Å². The molecular formula is C13H18N2O4. The fourth-order valence-corrected chi connectivity index (χ4v) is 2.87. The zero-order valence-electron chi connectivity index (χ0n) is 11.8. The predicted octanol–water partition coefficient (Wildman–Crippen LogP) is 1.05. The molecule has 2 aliphatic rings. The Bertz CT molecular complexity index is 449. The van der Waals surface area contributed by atoms with Crippen molar-refractivity contribution in [3.05, 3.63) is 0 Å². The van der Waals surface area contributed by atoms with Crippen LogP contribution in [0.4, 0.5) is 0 Å². The van der Waals surface area contributed by atoms with Crippen molar-refractivity contribution in [2.45, 2.75) is 20.8 Å². The van der Waals surface area contributed by atoms with Gasteiger partial charge in [-0.2, -0.15) is 0 Å². The van der Waals surface area contributed by atoms with Gasteiger partial charge in [0.15, 0.2) is 11.4 Å². The van der Waals surface area contributed by atoms with Crippen LogP contribution in [0.2, 0.25) is 0 Å². The largest absolute Gasteiger partial charge is 0.464 e. The van der Waals surface area contributed by atoms with Crippen LogP contribution in [0, 0.1) is 23.2 Å². The smallest absolute Gasteiger partial charge is 0.354 e. The van der Waals surface area contributed by atoms with E-state index in [1.54, 1.807) is 0 Å². The minimum atomic E-state index is -0.477. The van der Waals surface area contributed by atoms with Crippen LogP contribution in [0.1, 0.15) is 20.8 Å². The Balaban J connectivity index is 2.37. The lowest BCUT2D eigenvalue weighted by Gasteiger charge is -2.18. The number of ether oxygens (including phenoxy) is 2. The van der Waals surface area contributed by atoms with Crippen LogP contribution in [-0.2, 0) is 19.1 Å². The van der Waals surface area contributed by atoms with Gasteiger partial charge in [0, 0.05) is 11.8 Å². The Kier molecular flexibility index (Phi) is 3.20. The Morgan fingerprint density at radius 3 is 1.58 bits per heavy atom. The molecule has 1 saturated carbocycles. The molecule has 0 aromatic heterocycles. The number of fused-ring (bicyclic) bond motifs is 1. The number of methoxy groups -OCH3 is 2. The second kappa shape index (κ2) is 4.43. The van der Waals surface area contributed by atoms with E-state index >= 15 is 0 Å². The second-order valence-corrected chi connectivity index (χ2v) is 5.90. The van der Waals surface area contributed by atoms with E-state index in [0.29, 0.717) is 11.4 Å². The van der Waals surface area contributed by atoms with Crippen molar-refractivity contribution in [1.82, 2.24) is 0 Å². The highest BCUT2D eigenvalue weighted by Gasteiger charge is 2.64. The van der Waals surface area contributed by atoms with E-state index in [4.69, 9.17) is 9.47 Å². The van der Waals surface area contributed by atoms with Gasteiger partial charge in [0.05, 0.1) is 14.2 Å². The Morgan fingerprint density at radius 2 is 1.32 bits per heavy atom. The third kappa shape index (κ3) is 2.15. The minimum absolute atomic E-state index is 0.0523. The van der Waals surface area contributed by atoms with Gasteiger partial charge in [-0.25, -0.2) is 9.59 Å². The Labute approximate surface area is 111 Å². The molecule has 6 heteroatoms. The van der Waals surface area contributed by atoms with Crippen molar-refractivity contribution < 1.29 is 19.1 Å². The van der Waals surface area contributed by atoms with Crippen molar-refractivity contribution in [3.8, 4) is 0 Å². The summed E-state index contributed by atoms with van der Waals surface area (Å²) >= 11 is 0. The number of carbonyl (C=O) groups excluding carboxylic acids is 2. The quantitative estimate of drug-likeness (QED) is 0.700. The first-order valence-electron chi connectivity index (χ1n) is 6.15. The molecule has 0 N–H and O–H groups in total. The Morgan fingerprint density at radius 1 is 0.947 bits per heavy atom. The molecule has 1 heterocycles. The predicted molar refractivity (Wildman–Crippen MR) is 68.8 cm³/mol. The number of nitrogens with zero attached hydrogens (tertiary/aromatic N) is 2. The van der Waals surface area contributed by atoms with Crippen molar-refractivity contribution >= 4 is 23.4 Å². The molecule has 104 valence electrons. The van der Waals surface area contributed by atoms with Gasteiger partial charge in [-0.3, -0.25) is 0 Å². The summed E-state index contributed by atoms with van der Waals surface area (Å²) in [6.07, 6.45) is 0. The van der Waals surface area contributed by atoms with Crippen LogP contribution in [0.5, 0.6) is 0 Å². The molecule has 0 spiro atoms. The lowest BCUT2D eigenvalue weighted by molar-refractivity contribution is -0.134. The van der Waals surface area contributed by atoms with Gasteiger partial charge in [0.1, 0.15) is 0 Å². The van der Waals surface area contributed by atoms with E-state index < -0.39 is 11.9 Å². The molecule has 0 bridgehead atoms. The molecule has 1 unspecified atom stereocenters. The zero-order chi connectivity index (χ0) is 14.4. The first-order chi connectivity index (χ1) is 8.82. The van der Waals surface area contributed by atoms with E-state index in [-0.39, 0.29) is 23.2 Å². The molecule has 3 atom stereocenters. The molecule has 0 amide bonds. The van der Waals surface area contributed by atoms with Gasteiger partial charge >= 0.3 is 11.9 Å². The van der Waals surface area contributed by atoms with Crippen molar-refractivity contribution in [2.24, 2.45) is 33.4 Å². The molecule has 1 aliphatic heterocycles. The molecule has 0 aromatic carbocycles. The standard InChI is InChI=1S/C13H18N2O4/c1-13(2,3)8-6-7(8)10(12(17)19-5)15-14-9(6)11(16)18-4/h6-8H,1-5H3/t6-,7+,8?. The van der Waals surface area contributed by atoms with E-state index in [0.717, 1.165) is 0 Å². The van der Waals surface area contributed by atoms with Crippen LogP contribution in [0.15, 0.2) is 10.2 Å². The highest BCUT2D eigenvalue weighted by atomic mass is 16.5. The topological polar surface area (TPSA) is 77.3 Å². The van der Waals surface area contributed by atoms with E-state index in [2.05, 4.69) is 31.0 Å². The summed E-state index contributed by atoms with van der Waals surface area (Å²) in [6.45, 7) is 6.21. The maximum absolute atomic E-state index is 11.7. The average Bonchev–Trinajstić information content (AvgIpc) is 3.10.